The van der Waals surface area contributed by atoms with Crippen LogP contribution < -0.4 is 5.32 Å². The van der Waals surface area contributed by atoms with Crippen LogP contribution in [0.25, 0.3) is 0 Å². The van der Waals surface area contributed by atoms with Gasteiger partial charge in [0, 0.05) is 13.2 Å². The van der Waals surface area contributed by atoms with Gasteiger partial charge in [0.15, 0.2) is 0 Å². The maximum Gasteiger partial charge on any atom is 0.329 e. The van der Waals surface area contributed by atoms with Gasteiger partial charge in [-0.15, -0.1) is 0 Å². The van der Waals surface area contributed by atoms with E-state index < -0.39 is 12.6 Å². The molecule has 0 aliphatic heterocycles. The molecule has 1 amide bonds. The average molecular weight is 518 g/mol. The molecule has 0 bridgehead atoms. The summed E-state index contributed by atoms with van der Waals surface area (Å²) >= 11 is 0. The van der Waals surface area contributed by atoms with Gasteiger partial charge in [-0.1, -0.05) is 103 Å². The van der Waals surface area contributed by atoms with Crippen molar-refractivity contribution >= 4 is 11.9 Å². The molecule has 0 aliphatic rings. The lowest BCUT2D eigenvalue weighted by Crippen LogP contribution is -2.31. The molecule has 0 spiro atoms. The van der Waals surface area contributed by atoms with Crippen LogP contribution in [-0.4, -0.2) is 76.4 Å². The monoisotopic (exact) mass is 517 g/mol. The molecule has 214 valence electrons. The smallest absolute Gasteiger partial charge is 0.329 e. The van der Waals surface area contributed by atoms with Gasteiger partial charge in [0.2, 0.25) is 5.91 Å². The third-order valence-electron chi connectivity index (χ3n) is 5.91. The van der Waals surface area contributed by atoms with Crippen LogP contribution in [0, 0.1) is 0 Å². The van der Waals surface area contributed by atoms with E-state index in [0.717, 1.165) is 13.0 Å². The number of hydrogen-bond donors (Lipinski definition) is 2. The van der Waals surface area contributed by atoms with Crippen LogP contribution in [0.4, 0.5) is 0 Å². The molecule has 0 atom stereocenters. The quantitative estimate of drug-likeness (QED) is 0.121. The minimum Gasteiger partial charge on any atom is -0.480 e. The molecular formula is C28H55NO7. The Bertz CT molecular complexity index is 477. The number of carbonyl (C=O) groups is 2. The molecule has 0 aliphatic carbocycles. The van der Waals surface area contributed by atoms with Crippen LogP contribution in [0.3, 0.4) is 0 Å². The van der Waals surface area contributed by atoms with Crippen molar-refractivity contribution in [3.8, 4) is 0 Å². The zero-order chi connectivity index (χ0) is 26.4. The molecule has 0 radical (unpaired) electrons. The number of unbranched alkanes of at least 4 members (excludes halogenated alkanes) is 15. The summed E-state index contributed by atoms with van der Waals surface area (Å²) in [5, 5.41) is 11.0. The first-order chi connectivity index (χ1) is 17.7. The van der Waals surface area contributed by atoms with Gasteiger partial charge in [0.05, 0.1) is 33.0 Å². The molecule has 36 heavy (non-hydrogen) atoms. The number of aliphatic carboxylic acids is 1. The summed E-state index contributed by atoms with van der Waals surface area (Å²) in [5.41, 5.74) is 0. The highest BCUT2D eigenvalue weighted by Crippen LogP contribution is 2.13. The zero-order valence-electron chi connectivity index (χ0n) is 23.1. The normalized spacial score (nSPS) is 11.1. The lowest BCUT2D eigenvalue weighted by atomic mass is 10.0. The maximum atomic E-state index is 11.3. The summed E-state index contributed by atoms with van der Waals surface area (Å²) in [6.07, 6.45) is 22.0. The molecule has 0 saturated carbocycles. The van der Waals surface area contributed by atoms with Crippen molar-refractivity contribution in [2.75, 3.05) is 59.4 Å². The Morgan fingerprint density at radius 1 is 0.528 bits per heavy atom. The summed E-state index contributed by atoms with van der Waals surface area (Å²) in [6.45, 7) is 5.13. The average Bonchev–Trinajstić information content (AvgIpc) is 2.86. The highest BCUT2D eigenvalue weighted by molar-refractivity contribution is 5.77. The van der Waals surface area contributed by atoms with E-state index in [4.69, 9.17) is 19.3 Å². The molecular weight excluding hydrogens is 462 g/mol. The highest BCUT2D eigenvalue weighted by Gasteiger charge is 2.03. The fourth-order valence-corrected chi connectivity index (χ4v) is 3.84. The predicted molar refractivity (Wildman–Crippen MR) is 143 cm³/mol. The maximum absolute atomic E-state index is 11.3. The molecule has 0 heterocycles. The standard InChI is InChI=1S/C28H55NO7/c1-2-3-4-5-6-7-8-9-10-11-12-13-14-15-16-17-19-33-21-23-35-24-22-34-20-18-29-27(30)25-36-26-28(31)32/h2-26H2,1H3,(H,29,30)(H,31,32). The van der Waals surface area contributed by atoms with E-state index in [1.165, 1.54) is 96.3 Å². The molecule has 8 nitrogen and oxygen atoms in total. The van der Waals surface area contributed by atoms with Crippen LogP contribution in [0.1, 0.15) is 110 Å². The van der Waals surface area contributed by atoms with E-state index >= 15 is 0 Å². The van der Waals surface area contributed by atoms with Crippen molar-refractivity contribution in [3.63, 3.8) is 0 Å². The minimum absolute atomic E-state index is 0.269. The fourth-order valence-electron chi connectivity index (χ4n) is 3.84. The van der Waals surface area contributed by atoms with Crippen molar-refractivity contribution < 1.29 is 33.6 Å². The van der Waals surface area contributed by atoms with Crippen LogP contribution in [0.2, 0.25) is 0 Å². The second-order valence-electron chi connectivity index (χ2n) is 9.38. The molecule has 0 rings (SSSR count). The molecule has 0 saturated heterocycles. The Hall–Kier alpha value is -1.22. The fraction of sp³-hybridized carbons (Fsp3) is 0.929. The molecule has 8 heteroatoms. The largest absolute Gasteiger partial charge is 0.480 e. The van der Waals surface area contributed by atoms with Crippen molar-refractivity contribution in [1.29, 1.82) is 0 Å². The van der Waals surface area contributed by atoms with Gasteiger partial charge in [0.1, 0.15) is 13.2 Å². The first-order valence-corrected chi connectivity index (χ1v) is 14.5. The Labute approximate surface area is 220 Å². The lowest BCUT2D eigenvalue weighted by molar-refractivity contribution is -0.143. The molecule has 2 N–H and O–H groups in total. The van der Waals surface area contributed by atoms with Gasteiger partial charge < -0.3 is 29.4 Å². The van der Waals surface area contributed by atoms with Gasteiger partial charge in [-0.05, 0) is 6.42 Å². The second kappa shape index (κ2) is 30.0. The molecule has 0 aromatic carbocycles. The minimum atomic E-state index is -1.10. The van der Waals surface area contributed by atoms with Crippen LogP contribution in [0.15, 0.2) is 0 Å². The second-order valence-corrected chi connectivity index (χ2v) is 9.38. The SMILES string of the molecule is CCCCCCCCCCCCCCCCCCOCCOCCOCCNC(=O)COCC(=O)O. The number of nitrogens with one attached hydrogen (secondary N) is 1. The Balaban J connectivity index is 3.09. The predicted octanol–water partition coefficient (Wildman–Crippen LogP) is 5.52. The van der Waals surface area contributed by atoms with Crippen molar-refractivity contribution in [2.45, 2.75) is 110 Å². The van der Waals surface area contributed by atoms with Crippen LogP contribution in [-0.2, 0) is 28.5 Å². The van der Waals surface area contributed by atoms with Gasteiger partial charge >= 0.3 is 5.97 Å². The number of ether oxygens (including phenoxy) is 4. The van der Waals surface area contributed by atoms with Crippen LogP contribution in [0.5, 0.6) is 0 Å². The number of amides is 1. The van der Waals surface area contributed by atoms with Gasteiger partial charge in [-0.3, -0.25) is 4.79 Å². The third kappa shape index (κ3) is 30.8. The van der Waals surface area contributed by atoms with E-state index in [2.05, 4.69) is 17.0 Å². The first kappa shape index (κ1) is 34.8. The first-order valence-electron chi connectivity index (χ1n) is 14.5. The van der Waals surface area contributed by atoms with Gasteiger partial charge in [0.25, 0.3) is 0 Å². The third-order valence-corrected chi connectivity index (χ3v) is 5.91. The Kier molecular flexibility index (Phi) is 29.0. The lowest BCUT2D eigenvalue weighted by Gasteiger charge is -2.08. The van der Waals surface area contributed by atoms with E-state index in [1.54, 1.807) is 0 Å². The number of carboxylic acids is 1. The summed E-state index contributed by atoms with van der Waals surface area (Å²) < 4.78 is 21.1. The summed E-state index contributed by atoms with van der Waals surface area (Å²) in [6, 6.07) is 0. The van der Waals surface area contributed by atoms with E-state index in [0.29, 0.717) is 39.6 Å². The summed E-state index contributed by atoms with van der Waals surface area (Å²) in [4.78, 5) is 21.6. The van der Waals surface area contributed by atoms with Crippen molar-refractivity contribution in [3.05, 3.63) is 0 Å². The summed E-state index contributed by atoms with van der Waals surface area (Å²) in [5.74, 6) is -1.46. The molecule has 0 fully saturated rings. The zero-order valence-corrected chi connectivity index (χ0v) is 23.1. The van der Waals surface area contributed by atoms with E-state index in [-0.39, 0.29) is 12.5 Å². The molecule has 0 aromatic rings. The van der Waals surface area contributed by atoms with Crippen LogP contribution >= 0.6 is 0 Å². The highest BCUT2D eigenvalue weighted by atomic mass is 16.5. The van der Waals surface area contributed by atoms with E-state index in [1.807, 2.05) is 0 Å². The van der Waals surface area contributed by atoms with Gasteiger partial charge in [-0.25, -0.2) is 4.79 Å². The van der Waals surface area contributed by atoms with Crippen molar-refractivity contribution in [2.24, 2.45) is 0 Å². The molecule has 0 aromatic heterocycles. The summed E-state index contributed by atoms with van der Waals surface area (Å²) in [7, 11) is 0. The molecule has 0 unspecified atom stereocenters. The van der Waals surface area contributed by atoms with Crippen molar-refractivity contribution in [1.82, 2.24) is 5.32 Å². The number of hydrogen-bond acceptors (Lipinski definition) is 6. The Morgan fingerprint density at radius 3 is 1.42 bits per heavy atom. The van der Waals surface area contributed by atoms with Gasteiger partial charge in [-0.2, -0.15) is 0 Å². The number of rotatable bonds is 30. The number of carboxylic acid groups (broad SMARTS) is 1. The number of carbonyl (C=O) groups excluding carboxylic acids is 1. The van der Waals surface area contributed by atoms with E-state index in [9.17, 15) is 9.59 Å². The topological polar surface area (TPSA) is 103 Å². The Morgan fingerprint density at radius 2 is 0.944 bits per heavy atom.